The number of nitrogens with one attached hydrogen (secondary N) is 2. The van der Waals surface area contributed by atoms with Crippen molar-refractivity contribution in [1.82, 2.24) is 19.9 Å². The number of rotatable bonds is 7. The summed E-state index contributed by atoms with van der Waals surface area (Å²) in [7, 11) is -2.25. The molecule has 1 aromatic heterocycles. The molecule has 5 atom stereocenters. The second-order valence-electron chi connectivity index (χ2n) is 13.6. The van der Waals surface area contributed by atoms with Gasteiger partial charge in [-0.25, -0.2) is 13.4 Å². The fourth-order valence-electron chi connectivity index (χ4n) is 6.87. The largest absolute Gasteiger partial charge is 0.497 e. The number of allylic oxidation sites excluding steroid dienone is 1. The van der Waals surface area contributed by atoms with Crippen LogP contribution in [0.15, 0.2) is 66.7 Å². The molecule has 4 aliphatic rings. The standard InChI is InChI=1S/C37H42N4O8S/c1-23-35(43)41-22-27(49-33-20-30(24-10-6-5-7-11-24)38-31-18-26(47-2)13-16-29(31)33)19-32(41)34(42)39-37(36(44)40-50(45,46)28-14-15-28)21-25(37)12-8-3-4-9-17-48-23/h5-8,10-13,16,18,20,23,25,27-28,32H,3-4,9,14-15,17,19,21-22H2,1-2H3,(H,39,42)(H,40,44). The highest BCUT2D eigenvalue weighted by atomic mass is 32.2. The maximum atomic E-state index is 14.2. The zero-order valence-electron chi connectivity index (χ0n) is 28.2. The van der Waals surface area contributed by atoms with E-state index in [1.54, 1.807) is 14.0 Å². The van der Waals surface area contributed by atoms with E-state index in [1.807, 2.05) is 66.7 Å². The van der Waals surface area contributed by atoms with Crippen molar-refractivity contribution in [3.8, 4) is 22.8 Å². The summed E-state index contributed by atoms with van der Waals surface area (Å²) in [4.78, 5) is 48.0. The van der Waals surface area contributed by atoms with Gasteiger partial charge in [0.2, 0.25) is 15.9 Å². The first kappa shape index (κ1) is 34.0. The van der Waals surface area contributed by atoms with Crippen molar-refractivity contribution in [2.75, 3.05) is 20.3 Å². The fraction of sp³-hybridized carbons (Fsp3) is 0.459. The van der Waals surface area contributed by atoms with Gasteiger partial charge in [-0.05, 0) is 57.6 Å². The van der Waals surface area contributed by atoms with Crippen LogP contribution in [-0.4, -0.2) is 85.3 Å². The third-order valence-electron chi connectivity index (χ3n) is 10.0. The number of hydrogen-bond acceptors (Lipinski definition) is 9. The lowest BCUT2D eigenvalue weighted by Crippen LogP contribution is -2.57. The van der Waals surface area contributed by atoms with Gasteiger partial charge in [0, 0.05) is 42.0 Å². The summed E-state index contributed by atoms with van der Waals surface area (Å²) in [5.74, 6) is -0.855. The first-order chi connectivity index (χ1) is 24.1. The smallest absolute Gasteiger partial charge is 0.259 e. The van der Waals surface area contributed by atoms with Crippen LogP contribution in [0.2, 0.25) is 0 Å². The summed E-state index contributed by atoms with van der Waals surface area (Å²) in [6.45, 7) is 2.16. The Hall–Kier alpha value is -4.49. The summed E-state index contributed by atoms with van der Waals surface area (Å²) in [6, 6.07) is 16.1. The van der Waals surface area contributed by atoms with E-state index in [4.69, 9.17) is 19.2 Å². The van der Waals surface area contributed by atoms with Gasteiger partial charge in [0.05, 0.1) is 30.1 Å². The van der Waals surface area contributed by atoms with Gasteiger partial charge in [-0.1, -0.05) is 42.5 Å². The molecule has 3 amide bonds. The van der Waals surface area contributed by atoms with Crippen LogP contribution in [0.4, 0.5) is 0 Å². The van der Waals surface area contributed by atoms with Crippen LogP contribution >= 0.6 is 0 Å². The molecule has 0 spiro atoms. The lowest BCUT2D eigenvalue weighted by atomic mass is 10.1. The molecule has 2 aliphatic heterocycles. The van der Waals surface area contributed by atoms with Crippen molar-refractivity contribution >= 4 is 38.6 Å². The Bertz CT molecular complexity index is 1930. The fourth-order valence-corrected chi connectivity index (χ4v) is 8.23. The Morgan fingerprint density at radius 3 is 2.66 bits per heavy atom. The van der Waals surface area contributed by atoms with Crippen molar-refractivity contribution in [3.63, 3.8) is 0 Å². The van der Waals surface area contributed by atoms with Gasteiger partial charge in [-0.2, -0.15) is 0 Å². The van der Waals surface area contributed by atoms with Crippen LogP contribution in [0.3, 0.4) is 0 Å². The topological polar surface area (TPSA) is 153 Å². The highest BCUT2D eigenvalue weighted by Crippen LogP contribution is 2.46. The average Bonchev–Trinajstić information content (AvgIpc) is 4.04. The number of amides is 3. The molecule has 2 N–H and O–H groups in total. The zero-order valence-corrected chi connectivity index (χ0v) is 29.0. The molecule has 13 heteroatoms. The molecule has 5 unspecified atom stereocenters. The minimum Gasteiger partial charge on any atom is -0.497 e. The van der Waals surface area contributed by atoms with Crippen LogP contribution in [0.1, 0.15) is 51.9 Å². The monoisotopic (exact) mass is 702 g/mol. The molecule has 0 bridgehead atoms. The number of carbonyl (C=O) groups is 3. The second-order valence-corrected chi connectivity index (χ2v) is 15.6. The summed E-state index contributed by atoms with van der Waals surface area (Å²) >= 11 is 0. The first-order valence-corrected chi connectivity index (χ1v) is 18.8. The Morgan fingerprint density at radius 2 is 1.90 bits per heavy atom. The van der Waals surface area contributed by atoms with E-state index in [0.717, 1.165) is 30.2 Å². The number of carbonyl (C=O) groups excluding carboxylic acids is 3. The van der Waals surface area contributed by atoms with E-state index < -0.39 is 50.9 Å². The molecule has 2 aromatic carbocycles. The normalized spacial score (nSPS) is 27.4. The van der Waals surface area contributed by atoms with Crippen molar-refractivity contribution in [2.45, 2.75) is 80.9 Å². The molecule has 7 rings (SSSR count). The van der Waals surface area contributed by atoms with Gasteiger partial charge in [0.15, 0.2) is 0 Å². The van der Waals surface area contributed by atoms with Crippen molar-refractivity contribution < 1.29 is 37.0 Å². The van der Waals surface area contributed by atoms with E-state index in [-0.39, 0.29) is 31.2 Å². The second kappa shape index (κ2) is 13.7. The quantitative estimate of drug-likeness (QED) is 0.350. The lowest BCUT2D eigenvalue weighted by Gasteiger charge is -2.28. The molecular weight excluding hydrogens is 660 g/mol. The van der Waals surface area contributed by atoms with Gasteiger partial charge in [0.25, 0.3) is 11.8 Å². The van der Waals surface area contributed by atoms with Crippen LogP contribution < -0.4 is 19.5 Å². The molecule has 3 fully saturated rings. The first-order valence-electron chi connectivity index (χ1n) is 17.3. The SMILES string of the molecule is COc1ccc2c(OC3CC4C(=O)NC5(C(=O)NS(=O)(=O)C6CC6)CC5C=CCCCCOC(C)C(=O)N4C3)cc(-c3ccccc3)nc2c1. The lowest BCUT2D eigenvalue weighted by molar-refractivity contribution is -0.147. The third-order valence-corrected chi connectivity index (χ3v) is 11.8. The minimum absolute atomic E-state index is 0.101. The van der Waals surface area contributed by atoms with E-state index in [9.17, 15) is 22.8 Å². The Labute approximate surface area is 291 Å². The predicted octanol–water partition coefficient (Wildman–Crippen LogP) is 3.89. The van der Waals surface area contributed by atoms with E-state index in [1.165, 1.54) is 4.90 Å². The number of benzene rings is 2. The van der Waals surface area contributed by atoms with E-state index >= 15 is 0 Å². The molecule has 12 nitrogen and oxygen atoms in total. The molecule has 3 heterocycles. The van der Waals surface area contributed by atoms with Crippen molar-refractivity contribution in [3.05, 3.63) is 66.7 Å². The number of fused-ring (bicyclic) bond motifs is 3. The Balaban J connectivity index is 1.19. The maximum Gasteiger partial charge on any atom is 0.259 e. The summed E-state index contributed by atoms with van der Waals surface area (Å²) in [6.07, 6.45) is 6.11. The number of pyridine rings is 1. The number of aromatic nitrogens is 1. The van der Waals surface area contributed by atoms with Gasteiger partial charge in [0.1, 0.15) is 35.3 Å². The average molecular weight is 703 g/mol. The van der Waals surface area contributed by atoms with Gasteiger partial charge in [-0.3, -0.25) is 19.1 Å². The molecule has 2 saturated carbocycles. The number of sulfonamides is 1. The van der Waals surface area contributed by atoms with Crippen LogP contribution in [0, 0.1) is 5.92 Å². The highest BCUT2D eigenvalue weighted by Gasteiger charge is 2.62. The van der Waals surface area contributed by atoms with Crippen LogP contribution in [0.5, 0.6) is 11.5 Å². The number of nitrogens with zero attached hydrogens (tertiary/aromatic N) is 2. The van der Waals surface area contributed by atoms with Gasteiger partial charge in [-0.15, -0.1) is 0 Å². The minimum atomic E-state index is -3.84. The molecule has 1 saturated heterocycles. The molecular formula is C37H42N4O8S. The molecule has 264 valence electrons. The summed E-state index contributed by atoms with van der Waals surface area (Å²) < 4.78 is 45.7. The number of methoxy groups -OCH3 is 1. The van der Waals surface area contributed by atoms with Crippen LogP contribution in [-0.2, 0) is 29.1 Å². The number of hydrogen-bond donors (Lipinski definition) is 2. The van der Waals surface area contributed by atoms with E-state index in [2.05, 4.69) is 10.0 Å². The highest BCUT2D eigenvalue weighted by molar-refractivity contribution is 7.91. The van der Waals surface area contributed by atoms with Crippen molar-refractivity contribution in [1.29, 1.82) is 0 Å². The third kappa shape index (κ3) is 6.93. The van der Waals surface area contributed by atoms with Crippen molar-refractivity contribution in [2.24, 2.45) is 5.92 Å². The van der Waals surface area contributed by atoms with Gasteiger partial charge < -0.3 is 24.4 Å². The predicted molar refractivity (Wildman–Crippen MR) is 186 cm³/mol. The number of ether oxygens (including phenoxy) is 3. The van der Waals surface area contributed by atoms with Gasteiger partial charge >= 0.3 is 0 Å². The Kier molecular flexibility index (Phi) is 9.29. The maximum absolute atomic E-state index is 14.2. The molecule has 2 aliphatic carbocycles. The molecule has 3 aromatic rings. The zero-order chi connectivity index (χ0) is 35.0. The molecule has 50 heavy (non-hydrogen) atoms. The summed E-state index contributed by atoms with van der Waals surface area (Å²) in [5, 5.41) is 3.05. The molecule has 0 radical (unpaired) electrons. The van der Waals surface area contributed by atoms with E-state index in [0.29, 0.717) is 42.2 Å². The summed E-state index contributed by atoms with van der Waals surface area (Å²) in [5.41, 5.74) is 0.802. The van der Waals surface area contributed by atoms with Crippen LogP contribution in [0.25, 0.3) is 22.2 Å². The Morgan fingerprint density at radius 1 is 1.10 bits per heavy atom.